The molecule has 2 aromatic rings. The van der Waals surface area contributed by atoms with Gasteiger partial charge in [0.25, 0.3) is 10.0 Å². The van der Waals surface area contributed by atoms with Crippen LogP contribution in [0.25, 0.3) is 0 Å². The average molecular weight is 438 g/mol. The van der Waals surface area contributed by atoms with Crippen molar-refractivity contribution in [3.05, 3.63) is 48.0 Å². The SMILES string of the molecule is CC(=O)Nc1cccc(NS(=O)(=O)c2cc(N3CCCCS3(=O)=O)ccc2C)c1. The number of hydrogen-bond donors (Lipinski definition) is 2. The van der Waals surface area contributed by atoms with Crippen LogP contribution in [0.5, 0.6) is 0 Å². The van der Waals surface area contributed by atoms with Gasteiger partial charge in [-0.25, -0.2) is 16.8 Å². The van der Waals surface area contributed by atoms with E-state index in [9.17, 15) is 21.6 Å². The van der Waals surface area contributed by atoms with Crippen LogP contribution in [0.4, 0.5) is 17.1 Å². The fourth-order valence-corrected chi connectivity index (χ4v) is 6.13. The molecule has 156 valence electrons. The second-order valence-electron chi connectivity index (χ2n) is 6.91. The highest BCUT2D eigenvalue weighted by molar-refractivity contribution is 7.93. The zero-order chi connectivity index (χ0) is 21.2. The van der Waals surface area contributed by atoms with Gasteiger partial charge in [-0.05, 0) is 55.7 Å². The molecule has 1 fully saturated rings. The third-order valence-corrected chi connectivity index (χ3v) is 7.93. The molecule has 29 heavy (non-hydrogen) atoms. The van der Waals surface area contributed by atoms with Crippen molar-refractivity contribution >= 4 is 43.0 Å². The first kappa shape index (κ1) is 21.1. The van der Waals surface area contributed by atoms with Gasteiger partial charge in [0.1, 0.15) is 0 Å². The van der Waals surface area contributed by atoms with E-state index in [2.05, 4.69) is 10.0 Å². The number of nitrogens with one attached hydrogen (secondary N) is 2. The maximum Gasteiger partial charge on any atom is 0.262 e. The van der Waals surface area contributed by atoms with Crippen molar-refractivity contribution in [1.29, 1.82) is 0 Å². The highest BCUT2D eigenvalue weighted by atomic mass is 32.2. The summed E-state index contributed by atoms with van der Waals surface area (Å²) in [5.41, 5.74) is 1.57. The summed E-state index contributed by atoms with van der Waals surface area (Å²) < 4.78 is 54.5. The van der Waals surface area contributed by atoms with Gasteiger partial charge in [-0.1, -0.05) is 12.1 Å². The van der Waals surface area contributed by atoms with Crippen LogP contribution in [-0.4, -0.2) is 35.0 Å². The Hall–Kier alpha value is -2.59. The summed E-state index contributed by atoms with van der Waals surface area (Å²) in [4.78, 5) is 11.2. The predicted octanol–water partition coefficient (Wildman–Crippen LogP) is 2.68. The van der Waals surface area contributed by atoms with Crippen molar-refractivity contribution in [3.8, 4) is 0 Å². The first-order valence-electron chi connectivity index (χ1n) is 9.10. The van der Waals surface area contributed by atoms with Gasteiger partial charge in [-0.15, -0.1) is 0 Å². The van der Waals surface area contributed by atoms with Crippen LogP contribution in [0, 0.1) is 6.92 Å². The Morgan fingerprint density at radius 3 is 2.48 bits per heavy atom. The van der Waals surface area contributed by atoms with Gasteiger partial charge in [0.2, 0.25) is 15.9 Å². The number of amides is 1. The van der Waals surface area contributed by atoms with Crippen LogP contribution < -0.4 is 14.3 Å². The summed E-state index contributed by atoms with van der Waals surface area (Å²) in [6.45, 7) is 3.34. The van der Waals surface area contributed by atoms with Gasteiger partial charge >= 0.3 is 0 Å². The molecular weight excluding hydrogens is 414 g/mol. The van der Waals surface area contributed by atoms with Crippen LogP contribution in [0.15, 0.2) is 47.4 Å². The van der Waals surface area contributed by atoms with Crippen LogP contribution in [0.2, 0.25) is 0 Å². The smallest absolute Gasteiger partial charge is 0.262 e. The highest BCUT2D eigenvalue weighted by Gasteiger charge is 2.28. The number of hydrogen-bond acceptors (Lipinski definition) is 5. The van der Waals surface area contributed by atoms with Gasteiger partial charge in [-0.2, -0.15) is 0 Å². The molecule has 1 aliphatic rings. The minimum Gasteiger partial charge on any atom is -0.326 e. The molecule has 2 aromatic carbocycles. The van der Waals surface area contributed by atoms with E-state index in [-0.39, 0.29) is 22.2 Å². The number of nitrogens with zero attached hydrogens (tertiary/aromatic N) is 1. The highest BCUT2D eigenvalue weighted by Crippen LogP contribution is 2.29. The molecule has 0 atom stereocenters. The number of sulfonamides is 2. The van der Waals surface area contributed by atoms with Crippen molar-refractivity contribution < 1.29 is 21.6 Å². The summed E-state index contributed by atoms with van der Waals surface area (Å²) in [7, 11) is -7.42. The Morgan fingerprint density at radius 2 is 1.79 bits per heavy atom. The molecule has 2 N–H and O–H groups in total. The van der Waals surface area contributed by atoms with Gasteiger partial charge in [-0.3, -0.25) is 13.8 Å². The molecule has 0 saturated carbocycles. The molecule has 8 nitrogen and oxygen atoms in total. The lowest BCUT2D eigenvalue weighted by Gasteiger charge is -2.28. The van der Waals surface area contributed by atoms with Gasteiger partial charge in [0.15, 0.2) is 0 Å². The number of rotatable bonds is 5. The molecule has 3 rings (SSSR count). The third kappa shape index (κ3) is 4.88. The van der Waals surface area contributed by atoms with E-state index in [0.717, 1.165) is 6.42 Å². The normalized spacial score (nSPS) is 16.3. The summed E-state index contributed by atoms with van der Waals surface area (Å²) in [6.07, 6.45) is 1.32. The monoisotopic (exact) mass is 437 g/mol. The van der Waals surface area contributed by atoms with Crippen molar-refractivity contribution in [1.82, 2.24) is 0 Å². The number of carbonyl (C=O) groups excluding carboxylic acids is 1. The number of carbonyl (C=O) groups is 1. The first-order chi connectivity index (χ1) is 13.6. The van der Waals surface area contributed by atoms with Crippen molar-refractivity contribution in [2.75, 3.05) is 26.6 Å². The fraction of sp³-hybridized carbons (Fsp3) is 0.316. The molecule has 0 radical (unpaired) electrons. The van der Waals surface area contributed by atoms with Crippen molar-refractivity contribution in [3.63, 3.8) is 0 Å². The lowest BCUT2D eigenvalue weighted by molar-refractivity contribution is -0.114. The maximum atomic E-state index is 13.0. The van der Waals surface area contributed by atoms with Crippen molar-refractivity contribution in [2.45, 2.75) is 31.6 Å². The Morgan fingerprint density at radius 1 is 1.07 bits per heavy atom. The van der Waals surface area contributed by atoms with E-state index in [1.54, 1.807) is 37.3 Å². The zero-order valence-electron chi connectivity index (χ0n) is 16.2. The van der Waals surface area contributed by atoms with E-state index < -0.39 is 20.0 Å². The standard InChI is InChI=1S/C19H23N3O5S2/c1-14-8-9-18(22-10-3-4-11-28(22,24)25)13-19(14)29(26,27)21-17-7-5-6-16(12-17)20-15(2)23/h5-9,12-13,21H,3-4,10-11H2,1-2H3,(H,20,23). The Balaban J connectivity index is 1.94. The maximum absolute atomic E-state index is 13.0. The third-order valence-electron chi connectivity index (χ3n) is 4.53. The fourth-order valence-electron chi connectivity index (χ4n) is 3.19. The van der Waals surface area contributed by atoms with Crippen LogP contribution in [0.3, 0.4) is 0 Å². The minimum atomic E-state index is -3.97. The van der Waals surface area contributed by atoms with Gasteiger partial charge in [0, 0.05) is 19.2 Å². The predicted molar refractivity (Wildman–Crippen MR) is 113 cm³/mol. The molecule has 1 aliphatic heterocycles. The molecule has 0 bridgehead atoms. The Labute approximate surface area is 171 Å². The van der Waals surface area contributed by atoms with Crippen LogP contribution in [0.1, 0.15) is 25.3 Å². The lowest BCUT2D eigenvalue weighted by Crippen LogP contribution is -2.38. The van der Waals surface area contributed by atoms with Crippen LogP contribution in [-0.2, 0) is 24.8 Å². The molecule has 0 unspecified atom stereocenters. The van der Waals surface area contributed by atoms with Gasteiger partial charge in [0.05, 0.1) is 22.0 Å². The van der Waals surface area contributed by atoms with E-state index in [1.807, 2.05) is 0 Å². The summed E-state index contributed by atoms with van der Waals surface area (Å²) in [6, 6.07) is 10.9. The Kier molecular flexibility index (Phi) is 5.85. The lowest BCUT2D eigenvalue weighted by atomic mass is 10.2. The molecule has 0 aromatic heterocycles. The number of benzene rings is 2. The summed E-state index contributed by atoms with van der Waals surface area (Å²) in [5, 5.41) is 2.60. The molecule has 0 aliphatic carbocycles. The molecule has 1 heterocycles. The molecule has 1 amide bonds. The first-order valence-corrected chi connectivity index (χ1v) is 12.2. The topological polar surface area (TPSA) is 113 Å². The molecular formula is C19H23N3O5S2. The van der Waals surface area contributed by atoms with Crippen molar-refractivity contribution in [2.24, 2.45) is 0 Å². The minimum absolute atomic E-state index is 0.000652. The second kappa shape index (κ2) is 8.03. The van der Waals surface area contributed by atoms with E-state index in [4.69, 9.17) is 0 Å². The largest absolute Gasteiger partial charge is 0.326 e. The molecule has 0 spiro atoms. The summed E-state index contributed by atoms with van der Waals surface area (Å²) >= 11 is 0. The van der Waals surface area contributed by atoms with E-state index in [0.29, 0.717) is 29.9 Å². The molecule has 10 heteroatoms. The number of aryl methyl sites for hydroxylation is 1. The van der Waals surface area contributed by atoms with E-state index >= 15 is 0 Å². The number of anilines is 3. The zero-order valence-corrected chi connectivity index (χ0v) is 17.8. The van der Waals surface area contributed by atoms with Gasteiger partial charge < -0.3 is 5.32 Å². The quantitative estimate of drug-likeness (QED) is 0.747. The average Bonchev–Trinajstić information content (AvgIpc) is 2.61. The second-order valence-corrected chi connectivity index (χ2v) is 10.6. The molecule has 1 saturated heterocycles. The van der Waals surface area contributed by atoms with E-state index in [1.165, 1.54) is 23.4 Å². The summed E-state index contributed by atoms with van der Waals surface area (Å²) in [5.74, 6) is -0.215. The van der Waals surface area contributed by atoms with Crippen LogP contribution >= 0.6 is 0 Å². The Bertz CT molecular complexity index is 1140.